The molecule has 0 radical (unpaired) electrons. The molecule has 1 saturated heterocycles. The van der Waals surface area contributed by atoms with Gasteiger partial charge in [0.25, 0.3) is 5.91 Å². The third-order valence-corrected chi connectivity index (χ3v) is 4.63. The van der Waals surface area contributed by atoms with Gasteiger partial charge >= 0.3 is 0 Å². The number of benzene rings is 2. The number of nitrogens with zero attached hydrogens (tertiary/aromatic N) is 2. The summed E-state index contributed by atoms with van der Waals surface area (Å²) < 4.78 is 5.71. The summed E-state index contributed by atoms with van der Waals surface area (Å²) in [5.41, 5.74) is 2.38. The Morgan fingerprint density at radius 3 is 2.52 bits per heavy atom. The molecule has 25 heavy (non-hydrogen) atoms. The Labute approximate surface area is 150 Å². The molecule has 0 aromatic heterocycles. The SMILES string of the molecule is Cc1ccccc1OCC(=O)N1CCCN(Cc2ccccc2)CC1. The zero-order valence-corrected chi connectivity index (χ0v) is 14.9. The van der Waals surface area contributed by atoms with E-state index in [0.717, 1.165) is 50.5 Å². The molecule has 2 aromatic carbocycles. The number of aryl methyl sites for hydroxylation is 1. The van der Waals surface area contributed by atoms with Gasteiger partial charge in [-0.1, -0.05) is 48.5 Å². The number of rotatable bonds is 5. The van der Waals surface area contributed by atoms with Gasteiger partial charge in [-0.25, -0.2) is 0 Å². The van der Waals surface area contributed by atoms with Crippen LogP contribution in [-0.4, -0.2) is 48.5 Å². The first kappa shape index (κ1) is 17.5. The monoisotopic (exact) mass is 338 g/mol. The standard InChI is InChI=1S/C21H26N2O2/c1-18-8-5-6-11-20(18)25-17-21(24)23-13-7-12-22(14-15-23)16-19-9-3-2-4-10-19/h2-6,8-11H,7,12-17H2,1H3. The molecule has 1 aliphatic rings. The highest BCUT2D eigenvalue weighted by Crippen LogP contribution is 2.16. The smallest absolute Gasteiger partial charge is 0.260 e. The van der Waals surface area contributed by atoms with Crippen LogP contribution in [0.4, 0.5) is 0 Å². The summed E-state index contributed by atoms with van der Waals surface area (Å²) in [5.74, 6) is 0.862. The van der Waals surface area contributed by atoms with E-state index < -0.39 is 0 Å². The lowest BCUT2D eigenvalue weighted by Crippen LogP contribution is -2.38. The van der Waals surface area contributed by atoms with Crippen LogP contribution in [0.25, 0.3) is 0 Å². The molecule has 1 aliphatic heterocycles. The van der Waals surface area contributed by atoms with Crippen molar-refractivity contribution in [1.82, 2.24) is 9.80 Å². The van der Waals surface area contributed by atoms with E-state index in [-0.39, 0.29) is 12.5 Å². The largest absolute Gasteiger partial charge is 0.484 e. The third kappa shape index (κ3) is 5.07. The first-order chi connectivity index (χ1) is 12.2. The van der Waals surface area contributed by atoms with Gasteiger partial charge in [-0.15, -0.1) is 0 Å². The van der Waals surface area contributed by atoms with E-state index >= 15 is 0 Å². The summed E-state index contributed by atoms with van der Waals surface area (Å²) in [4.78, 5) is 16.8. The van der Waals surface area contributed by atoms with Crippen LogP contribution in [0, 0.1) is 6.92 Å². The van der Waals surface area contributed by atoms with E-state index in [0.29, 0.717) is 0 Å². The van der Waals surface area contributed by atoms with Gasteiger partial charge in [-0.3, -0.25) is 9.69 Å². The van der Waals surface area contributed by atoms with Crippen molar-refractivity contribution >= 4 is 5.91 Å². The van der Waals surface area contributed by atoms with E-state index in [9.17, 15) is 4.79 Å². The molecule has 132 valence electrons. The number of hydrogen-bond donors (Lipinski definition) is 0. The van der Waals surface area contributed by atoms with Crippen LogP contribution in [0.5, 0.6) is 5.75 Å². The van der Waals surface area contributed by atoms with Crippen molar-refractivity contribution in [2.75, 3.05) is 32.8 Å². The van der Waals surface area contributed by atoms with Crippen LogP contribution in [0.1, 0.15) is 17.5 Å². The van der Waals surface area contributed by atoms with Gasteiger partial charge < -0.3 is 9.64 Å². The number of hydrogen-bond acceptors (Lipinski definition) is 3. The van der Waals surface area contributed by atoms with Crippen molar-refractivity contribution in [3.05, 3.63) is 65.7 Å². The third-order valence-electron chi connectivity index (χ3n) is 4.63. The van der Waals surface area contributed by atoms with Crippen molar-refractivity contribution in [2.24, 2.45) is 0 Å². The van der Waals surface area contributed by atoms with E-state index in [1.165, 1.54) is 5.56 Å². The maximum Gasteiger partial charge on any atom is 0.260 e. The van der Waals surface area contributed by atoms with Crippen molar-refractivity contribution in [3.63, 3.8) is 0 Å². The van der Waals surface area contributed by atoms with Crippen LogP contribution in [0.2, 0.25) is 0 Å². The lowest BCUT2D eigenvalue weighted by atomic mass is 10.2. The number of carbonyl (C=O) groups excluding carboxylic acids is 1. The normalized spacial score (nSPS) is 15.6. The molecule has 1 heterocycles. The van der Waals surface area contributed by atoms with Gasteiger partial charge in [0.05, 0.1) is 0 Å². The fourth-order valence-electron chi connectivity index (χ4n) is 3.17. The van der Waals surface area contributed by atoms with E-state index in [1.54, 1.807) is 0 Å². The predicted molar refractivity (Wildman–Crippen MR) is 99.6 cm³/mol. The molecule has 0 unspecified atom stereocenters. The van der Waals surface area contributed by atoms with Crippen molar-refractivity contribution in [2.45, 2.75) is 19.9 Å². The topological polar surface area (TPSA) is 32.8 Å². The lowest BCUT2D eigenvalue weighted by Gasteiger charge is -2.22. The summed E-state index contributed by atoms with van der Waals surface area (Å²) in [6, 6.07) is 18.3. The number of ether oxygens (including phenoxy) is 1. The molecule has 1 amide bonds. The average Bonchev–Trinajstić information content (AvgIpc) is 2.87. The molecule has 2 aromatic rings. The fraction of sp³-hybridized carbons (Fsp3) is 0.381. The lowest BCUT2D eigenvalue weighted by molar-refractivity contribution is -0.133. The Morgan fingerprint density at radius 1 is 0.960 bits per heavy atom. The minimum atomic E-state index is 0.0739. The summed E-state index contributed by atoms with van der Waals surface area (Å²) >= 11 is 0. The Balaban J connectivity index is 1.49. The van der Waals surface area contributed by atoms with Crippen LogP contribution in [0.3, 0.4) is 0 Å². The number of amides is 1. The zero-order chi connectivity index (χ0) is 17.5. The molecule has 0 spiro atoms. The Hall–Kier alpha value is -2.33. The summed E-state index contributed by atoms with van der Waals surface area (Å²) in [5, 5.41) is 0. The first-order valence-corrected chi connectivity index (χ1v) is 8.95. The van der Waals surface area contributed by atoms with E-state index in [4.69, 9.17) is 4.74 Å². The number of carbonyl (C=O) groups is 1. The van der Waals surface area contributed by atoms with Gasteiger partial charge in [0, 0.05) is 32.7 Å². The predicted octanol–water partition coefficient (Wildman–Crippen LogP) is 3.11. The van der Waals surface area contributed by atoms with Crippen molar-refractivity contribution < 1.29 is 9.53 Å². The highest BCUT2D eigenvalue weighted by atomic mass is 16.5. The maximum atomic E-state index is 12.5. The molecule has 3 rings (SSSR count). The van der Waals surface area contributed by atoms with Gasteiger partial charge in [0.15, 0.2) is 6.61 Å². The van der Waals surface area contributed by atoms with Gasteiger partial charge in [0.2, 0.25) is 0 Å². The van der Waals surface area contributed by atoms with Gasteiger partial charge in [0.1, 0.15) is 5.75 Å². The molecular formula is C21H26N2O2. The average molecular weight is 338 g/mol. The molecule has 4 heteroatoms. The first-order valence-electron chi connectivity index (χ1n) is 8.95. The highest BCUT2D eigenvalue weighted by molar-refractivity contribution is 5.77. The quantitative estimate of drug-likeness (QED) is 0.840. The van der Waals surface area contributed by atoms with Crippen LogP contribution in [-0.2, 0) is 11.3 Å². The van der Waals surface area contributed by atoms with Crippen LogP contribution in [0.15, 0.2) is 54.6 Å². The number of para-hydroxylation sites is 1. The molecule has 0 saturated carbocycles. The molecule has 0 atom stereocenters. The maximum absolute atomic E-state index is 12.5. The zero-order valence-electron chi connectivity index (χ0n) is 14.9. The van der Waals surface area contributed by atoms with Crippen molar-refractivity contribution in [1.29, 1.82) is 0 Å². The summed E-state index contributed by atoms with van der Waals surface area (Å²) in [7, 11) is 0. The molecule has 0 bridgehead atoms. The van der Waals surface area contributed by atoms with Crippen molar-refractivity contribution in [3.8, 4) is 5.75 Å². The van der Waals surface area contributed by atoms with Crippen LogP contribution < -0.4 is 4.74 Å². The van der Waals surface area contributed by atoms with Crippen LogP contribution >= 0.6 is 0 Å². The molecule has 0 N–H and O–H groups in total. The second kappa shape index (κ2) is 8.67. The Kier molecular flexibility index (Phi) is 6.07. The Morgan fingerprint density at radius 2 is 1.72 bits per heavy atom. The second-order valence-corrected chi connectivity index (χ2v) is 6.55. The second-order valence-electron chi connectivity index (χ2n) is 6.55. The summed E-state index contributed by atoms with van der Waals surface area (Å²) in [6.07, 6.45) is 1.00. The summed E-state index contributed by atoms with van der Waals surface area (Å²) in [6.45, 7) is 6.56. The minimum absolute atomic E-state index is 0.0739. The molecule has 1 fully saturated rings. The molecular weight excluding hydrogens is 312 g/mol. The molecule has 0 aliphatic carbocycles. The Bertz CT molecular complexity index is 687. The minimum Gasteiger partial charge on any atom is -0.484 e. The van der Waals surface area contributed by atoms with E-state index in [1.807, 2.05) is 42.2 Å². The molecule has 4 nitrogen and oxygen atoms in total. The van der Waals surface area contributed by atoms with Gasteiger partial charge in [-0.2, -0.15) is 0 Å². The van der Waals surface area contributed by atoms with E-state index in [2.05, 4.69) is 29.2 Å². The fourth-order valence-corrected chi connectivity index (χ4v) is 3.17. The highest BCUT2D eigenvalue weighted by Gasteiger charge is 2.19. The van der Waals surface area contributed by atoms with Gasteiger partial charge in [-0.05, 0) is 30.5 Å².